The molecule has 62 heavy (non-hydrogen) atoms. The Kier molecular flexibility index (Phi) is 46.7. The lowest BCUT2D eigenvalue weighted by Gasteiger charge is -2.24. The Morgan fingerprint density at radius 2 is 0.871 bits per heavy atom. The first-order valence-electron chi connectivity index (χ1n) is 25.8. The highest BCUT2D eigenvalue weighted by Gasteiger charge is 2.24. The maximum absolute atomic E-state index is 13.2. The number of esters is 1. The van der Waals surface area contributed by atoms with E-state index in [2.05, 4.69) is 105 Å². The summed E-state index contributed by atoms with van der Waals surface area (Å²) in [6.07, 6.45) is 63.6. The largest absolute Gasteiger partial charge is 0.462 e. The van der Waals surface area contributed by atoms with E-state index in [-0.39, 0.29) is 31.3 Å². The molecule has 0 saturated carbocycles. The molecular weight excluding hydrogens is 767 g/mol. The van der Waals surface area contributed by atoms with Gasteiger partial charge in [-0.1, -0.05) is 215 Å². The van der Waals surface area contributed by atoms with Gasteiger partial charge in [0, 0.05) is 6.42 Å². The van der Waals surface area contributed by atoms with Crippen LogP contribution in [0.15, 0.2) is 85.1 Å². The van der Waals surface area contributed by atoms with Crippen LogP contribution in [0.3, 0.4) is 0 Å². The van der Waals surface area contributed by atoms with Crippen molar-refractivity contribution >= 4 is 11.9 Å². The van der Waals surface area contributed by atoms with Crippen molar-refractivity contribution in [2.45, 2.75) is 251 Å². The maximum atomic E-state index is 13.2. The first-order chi connectivity index (χ1) is 30.5. The van der Waals surface area contributed by atoms with E-state index in [9.17, 15) is 19.8 Å². The number of ether oxygens (including phenoxy) is 1. The van der Waals surface area contributed by atoms with Crippen molar-refractivity contribution in [1.29, 1.82) is 0 Å². The van der Waals surface area contributed by atoms with Crippen LogP contribution < -0.4 is 5.32 Å². The average molecular weight is 864 g/mol. The van der Waals surface area contributed by atoms with Crippen molar-refractivity contribution in [3.63, 3.8) is 0 Å². The third kappa shape index (κ3) is 43.7. The second kappa shape index (κ2) is 49.1. The van der Waals surface area contributed by atoms with Gasteiger partial charge in [-0.25, -0.2) is 0 Å². The van der Waals surface area contributed by atoms with Crippen molar-refractivity contribution in [1.82, 2.24) is 5.32 Å². The highest BCUT2D eigenvalue weighted by molar-refractivity contribution is 5.77. The predicted molar refractivity (Wildman–Crippen MR) is 268 cm³/mol. The fraction of sp³-hybridized carbons (Fsp3) is 0.714. The summed E-state index contributed by atoms with van der Waals surface area (Å²) in [5.41, 5.74) is 0. The van der Waals surface area contributed by atoms with Crippen molar-refractivity contribution in [2.75, 3.05) is 6.61 Å². The molecule has 0 aliphatic carbocycles. The summed E-state index contributed by atoms with van der Waals surface area (Å²) in [7, 11) is 0. The van der Waals surface area contributed by atoms with Crippen molar-refractivity contribution in [3.8, 4) is 0 Å². The molecule has 356 valence electrons. The lowest BCUT2D eigenvalue weighted by molar-refractivity contribution is -0.150. The molecule has 0 heterocycles. The van der Waals surface area contributed by atoms with E-state index >= 15 is 0 Å². The molecule has 6 nitrogen and oxygen atoms in total. The molecule has 0 aromatic heterocycles. The Labute approximate surface area is 383 Å². The zero-order chi connectivity index (χ0) is 45.2. The SMILES string of the molecule is CC/C=C/C/C=C/C/C=C/C/C=C/C/C=C/CCC(=O)OC(CCCCCCC/C=C\C/C=C\CCCCC)CC(=O)NC(CO)C(O)CCCCCCCCCCCCCC. The third-order valence-electron chi connectivity index (χ3n) is 11.2. The minimum atomic E-state index is -0.807. The summed E-state index contributed by atoms with van der Waals surface area (Å²) in [6, 6.07) is -0.724. The van der Waals surface area contributed by atoms with Crippen LogP contribution in [0.5, 0.6) is 0 Å². The van der Waals surface area contributed by atoms with Gasteiger partial charge in [0.1, 0.15) is 6.10 Å². The number of hydrogen-bond acceptors (Lipinski definition) is 5. The minimum Gasteiger partial charge on any atom is -0.462 e. The highest BCUT2D eigenvalue weighted by Crippen LogP contribution is 2.17. The topological polar surface area (TPSA) is 95.9 Å². The summed E-state index contributed by atoms with van der Waals surface area (Å²) in [4.78, 5) is 26.1. The molecule has 0 aliphatic heterocycles. The number of hydrogen-bond donors (Lipinski definition) is 3. The molecule has 0 spiro atoms. The Hall–Kier alpha value is -2.96. The van der Waals surface area contributed by atoms with E-state index in [0.717, 1.165) is 96.3 Å². The molecule has 0 aromatic rings. The fourth-order valence-electron chi connectivity index (χ4n) is 7.33. The molecular formula is C56H97NO5. The molecule has 3 unspecified atom stereocenters. The zero-order valence-corrected chi connectivity index (χ0v) is 40.5. The van der Waals surface area contributed by atoms with Gasteiger partial charge in [0.05, 0.1) is 25.2 Å². The monoisotopic (exact) mass is 864 g/mol. The first kappa shape index (κ1) is 59.0. The van der Waals surface area contributed by atoms with Gasteiger partial charge < -0.3 is 20.3 Å². The third-order valence-corrected chi connectivity index (χ3v) is 11.2. The van der Waals surface area contributed by atoms with Crippen LogP contribution in [0.2, 0.25) is 0 Å². The normalized spacial score (nSPS) is 14.0. The molecule has 0 aromatic carbocycles. The zero-order valence-electron chi connectivity index (χ0n) is 40.5. The van der Waals surface area contributed by atoms with Crippen molar-refractivity contribution in [3.05, 3.63) is 85.1 Å². The molecule has 0 aliphatic rings. The number of aliphatic hydroxyl groups excluding tert-OH is 2. The molecule has 0 rings (SSSR count). The number of rotatable bonds is 45. The first-order valence-corrected chi connectivity index (χ1v) is 25.8. The summed E-state index contributed by atoms with van der Waals surface area (Å²) in [5.74, 6) is -0.590. The predicted octanol–water partition coefficient (Wildman–Crippen LogP) is 15.6. The van der Waals surface area contributed by atoms with Gasteiger partial charge in [-0.2, -0.15) is 0 Å². The Balaban J connectivity index is 4.74. The van der Waals surface area contributed by atoms with Gasteiger partial charge in [0.15, 0.2) is 0 Å². The average Bonchev–Trinajstić information content (AvgIpc) is 3.26. The summed E-state index contributed by atoms with van der Waals surface area (Å²) in [6.45, 7) is 6.32. The molecule has 0 bridgehead atoms. The molecule has 0 radical (unpaired) electrons. The Bertz CT molecular complexity index is 1200. The van der Waals surface area contributed by atoms with Crippen LogP contribution in [0, 0.1) is 0 Å². The van der Waals surface area contributed by atoms with E-state index in [1.54, 1.807) is 0 Å². The second-order valence-corrected chi connectivity index (χ2v) is 17.2. The standard InChI is InChI=1S/C56H97NO5/c1-4-7-10-13-16-19-22-25-27-29-31-34-37-40-43-46-49-56(61)62-52(47-44-41-38-35-32-30-28-26-23-20-17-14-11-8-5-2)50-55(60)57-53(51-58)54(59)48-45-42-39-36-33-24-21-18-15-12-9-6-3/h7,10,16-17,19-20,25-28,31,34,40,43,52-54,58-59H,4-6,8-9,11-15,18,21-24,29-30,32-33,35-39,41-42,44-51H2,1-3H3,(H,57,60)/b10-7+,19-16+,20-17-,27-25+,28-26-,34-31+,43-40+. The smallest absolute Gasteiger partial charge is 0.306 e. The summed E-state index contributed by atoms with van der Waals surface area (Å²) >= 11 is 0. The van der Waals surface area contributed by atoms with Crippen molar-refractivity contribution < 1.29 is 24.5 Å². The lowest BCUT2D eigenvalue weighted by Crippen LogP contribution is -2.46. The molecule has 6 heteroatoms. The number of aliphatic hydroxyl groups is 2. The number of carbonyl (C=O) groups is 2. The summed E-state index contributed by atoms with van der Waals surface area (Å²) in [5, 5.41) is 23.7. The molecule has 0 saturated heterocycles. The van der Waals surface area contributed by atoms with Crippen LogP contribution in [-0.4, -0.2) is 46.9 Å². The quantitative estimate of drug-likeness (QED) is 0.0322. The van der Waals surface area contributed by atoms with Gasteiger partial charge in [-0.3, -0.25) is 9.59 Å². The Morgan fingerprint density at radius 1 is 0.484 bits per heavy atom. The fourth-order valence-corrected chi connectivity index (χ4v) is 7.33. The van der Waals surface area contributed by atoms with Gasteiger partial charge in [0.25, 0.3) is 0 Å². The van der Waals surface area contributed by atoms with Crippen LogP contribution >= 0.6 is 0 Å². The number of carbonyl (C=O) groups excluding carboxylic acids is 2. The van der Waals surface area contributed by atoms with Crippen molar-refractivity contribution in [2.24, 2.45) is 0 Å². The molecule has 3 N–H and O–H groups in total. The van der Waals surface area contributed by atoms with E-state index in [0.29, 0.717) is 19.3 Å². The van der Waals surface area contributed by atoms with E-state index in [1.807, 2.05) is 6.08 Å². The number of amides is 1. The Morgan fingerprint density at radius 3 is 1.35 bits per heavy atom. The number of nitrogens with one attached hydrogen (secondary N) is 1. The van der Waals surface area contributed by atoms with Gasteiger partial charge in [-0.05, 0) is 89.9 Å². The number of allylic oxidation sites excluding steroid dienone is 14. The van der Waals surface area contributed by atoms with Crippen LogP contribution in [0.4, 0.5) is 0 Å². The lowest BCUT2D eigenvalue weighted by atomic mass is 10.0. The van der Waals surface area contributed by atoms with Crippen LogP contribution in [0.1, 0.15) is 233 Å². The van der Waals surface area contributed by atoms with E-state index in [4.69, 9.17) is 4.74 Å². The maximum Gasteiger partial charge on any atom is 0.306 e. The highest BCUT2D eigenvalue weighted by atomic mass is 16.5. The second-order valence-electron chi connectivity index (χ2n) is 17.2. The van der Waals surface area contributed by atoms with Gasteiger partial charge >= 0.3 is 5.97 Å². The number of unbranched alkanes of at least 4 members (excludes halogenated alkanes) is 19. The summed E-state index contributed by atoms with van der Waals surface area (Å²) < 4.78 is 5.89. The van der Waals surface area contributed by atoms with E-state index < -0.39 is 18.2 Å². The van der Waals surface area contributed by atoms with E-state index in [1.165, 1.54) is 83.5 Å². The van der Waals surface area contributed by atoms with Gasteiger partial charge in [0.2, 0.25) is 5.91 Å². The minimum absolute atomic E-state index is 0.0348. The molecule has 0 fully saturated rings. The van der Waals surface area contributed by atoms with Crippen LogP contribution in [0.25, 0.3) is 0 Å². The van der Waals surface area contributed by atoms with Gasteiger partial charge in [-0.15, -0.1) is 0 Å². The molecule has 1 amide bonds. The van der Waals surface area contributed by atoms with Crippen LogP contribution in [-0.2, 0) is 14.3 Å². The molecule has 3 atom stereocenters.